The number of methoxy groups -OCH3 is 2. The molecule has 0 saturated heterocycles. The Morgan fingerprint density at radius 3 is 2.67 bits per heavy atom. The van der Waals surface area contributed by atoms with Crippen LogP contribution >= 0.6 is 0 Å². The maximum Gasteiger partial charge on any atom is 0.164 e. The molecule has 1 aliphatic rings. The van der Waals surface area contributed by atoms with Gasteiger partial charge in [0.25, 0.3) is 0 Å². The van der Waals surface area contributed by atoms with E-state index in [2.05, 4.69) is 6.42 Å². The molecule has 15 heavy (non-hydrogen) atoms. The van der Waals surface area contributed by atoms with E-state index in [9.17, 15) is 0 Å². The number of rotatable bonds is 2. The highest BCUT2D eigenvalue weighted by Gasteiger charge is 2.14. The average Bonchev–Trinajstić information content (AvgIpc) is 2.51. The van der Waals surface area contributed by atoms with Crippen molar-refractivity contribution in [2.24, 2.45) is 0 Å². The van der Waals surface area contributed by atoms with E-state index in [1.807, 2.05) is 12.1 Å². The minimum Gasteiger partial charge on any atom is -0.493 e. The summed E-state index contributed by atoms with van der Waals surface area (Å²) in [6, 6.07) is 3.83. The predicted molar refractivity (Wildman–Crippen MR) is 56.6 cm³/mol. The van der Waals surface area contributed by atoms with Gasteiger partial charge < -0.3 is 14.2 Å². The molecule has 2 radical (unpaired) electrons. The molecule has 1 aromatic rings. The van der Waals surface area contributed by atoms with E-state index in [1.165, 1.54) is 0 Å². The molecule has 0 fully saturated rings. The molecule has 0 N–H and O–H groups in total. The van der Waals surface area contributed by atoms with E-state index in [0.29, 0.717) is 12.4 Å². The van der Waals surface area contributed by atoms with Crippen molar-refractivity contribution in [2.45, 2.75) is 12.8 Å². The van der Waals surface area contributed by atoms with Gasteiger partial charge in [-0.3, -0.25) is 0 Å². The molecule has 3 nitrogen and oxygen atoms in total. The highest BCUT2D eigenvalue weighted by atomic mass is 16.5. The third kappa shape index (κ3) is 2.01. The van der Waals surface area contributed by atoms with Gasteiger partial charge in [-0.15, -0.1) is 0 Å². The summed E-state index contributed by atoms with van der Waals surface area (Å²) in [6.45, 7) is 0.683. The molecule has 0 bridgehead atoms. The molecule has 80 valence electrons. The molecule has 0 saturated carbocycles. The summed E-state index contributed by atoms with van der Waals surface area (Å²) in [5, 5.41) is 0. The molecular weight excluding hydrogens is 192 g/mol. The van der Waals surface area contributed by atoms with Crippen LogP contribution in [0.4, 0.5) is 0 Å². The van der Waals surface area contributed by atoms with Gasteiger partial charge in [0, 0.05) is 6.07 Å². The smallest absolute Gasteiger partial charge is 0.164 e. The van der Waals surface area contributed by atoms with Crippen LogP contribution in [0.5, 0.6) is 17.2 Å². The van der Waals surface area contributed by atoms with Crippen LogP contribution in [-0.2, 0) is 6.42 Å². The fraction of sp³-hybridized carbons (Fsp3) is 0.417. The van der Waals surface area contributed by atoms with Crippen LogP contribution in [0.25, 0.3) is 0 Å². The summed E-state index contributed by atoms with van der Waals surface area (Å²) in [4.78, 5) is 0. The first-order chi connectivity index (χ1) is 7.35. The molecule has 1 aliphatic heterocycles. The van der Waals surface area contributed by atoms with Crippen LogP contribution in [-0.4, -0.2) is 20.8 Å². The normalized spacial score (nSPS) is 14.8. The van der Waals surface area contributed by atoms with E-state index in [0.717, 1.165) is 29.9 Å². The molecule has 1 heterocycles. The Morgan fingerprint density at radius 2 is 1.93 bits per heavy atom. The van der Waals surface area contributed by atoms with Crippen molar-refractivity contribution in [3.63, 3.8) is 0 Å². The highest BCUT2D eigenvalue weighted by Crippen LogP contribution is 2.36. The zero-order valence-corrected chi connectivity index (χ0v) is 9.00. The predicted octanol–water partition coefficient (Wildman–Crippen LogP) is 2.11. The first-order valence-electron chi connectivity index (χ1n) is 4.93. The lowest BCUT2D eigenvalue weighted by Crippen LogP contribution is -1.97. The van der Waals surface area contributed by atoms with Gasteiger partial charge in [-0.2, -0.15) is 0 Å². The molecular formula is C12H14O3. The van der Waals surface area contributed by atoms with Crippen molar-refractivity contribution >= 4 is 0 Å². The summed E-state index contributed by atoms with van der Waals surface area (Å²) in [7, 11) is 3.26. The number of hydrogen-bond donors (Lipinski definition) is 0. The van der Waals surface area contributed by atoms with E-state index in [-0.39, 0.29) is 0 Å². The van der Waals surface area contributed by atoms with Crippen molar-refractivity contribution in [3.8, 4) is 17.2 Å². The van der Waals surface area contributed by atoms with Gasteiger partial charge in [0.15, 0.2) is 11.5 Å². The van der Waals surface area contributed by atoms with Crippen LogP contribution < -0.4 is 14.2 Å². The molecule has 0 unspecified atom stereocenters. The van der Waals surface area contributed by atoms with Gasteiger partial charge >= 0.3 is 0 Å². The van der Waals surface area contributed by atoms with Gasteiger partial charge in [-0.05, 0) is 30.9 Å². The first kappa shape index (κ1) is 10.1. The summed E-state index contributed by atoms with van der Waals surface area (Å²) >= 11 is 0. The number of hydrogen-bond acceptors (Lipinski definition) is 3. The van der Waals surface area contributed by atoms with E-state index in [4.69, 9.17) is 14.2 Å². The Kier molecular flexibility index (Phi) is 2.99. The quantitative estimate of drug-likeness (QED) is 0.741. The van der Waals surface area contributed by atoms with Crippen LogP contribution in [0, 0.1) is 6.42 Å². The topological polar surface area (TPSA) is 27.7 Å². The molecule has 0 atom stereocenters. The summed E-state index contributed by atoms with van der Waals surface area (Å²) in [5.41, 5.74) is 1.10. The van der Waals surface area contributed by atoms with Gasteiger partial charge in [0.2, 0.25) is 0 Å². The van der Waals surface area contributed by atoms with E-state index in [1.54, 1.807) is 14.2 Å². The average molecular weight is 206 g/mol. The molecule has 0 spiro atoms. The zero-order chi connectivity index (χ0) is 10.7. The Labute approximate surface area is 90.0 Å². The number of ether oxygens (including phenoxy) is 3. The fourth-order valence-electron chi connectivity index (χ4n) is 1.63. The van der Waals surface area contributed by atoms with Crippen LogP contribution in [0.3, 0.4) is 0 Å². The number of benzene rings is 1. The van der Waals surface area contributed by atoms with Crippen LogP contribution in [0.2, 0.25) is 0 Å². The largest absolute Gasteiger partial charge is 0.493 e. The highest BCUT2D eigenvalue weighted by molar-refractivity contribution is 5.51. The Morgan fingerprint density at radius 1 is 1.20 bits per heavy atom. The standard InChI is InChI=1S/C12H14O3/c1-13-11-7-9-5-3-4-6-15-10(9)8-12(11)14-2/h7-8H,4-6H2,1-2H3. The van der Waals surface area contributed by atoms with Gasteiger partial charge in [-0.1, -0.05) is 0 Å². The minimum atomic E-state index is 0.683. The lowest BCUT2D eigenvalue weighted by molar-refractivity contribution is 0.317. The van der Waals surface area contributed by atoms with Crippen molar-refractivity contribution in [3.05, 3.63) is 24.1 Å². The van der Waals surface area contributed by atoms with Crippen molar-refractivity contribution < 1.29 is 14.2 Å². The monoisotopic (exact) mass is 206 g/mol. The molecule has 2 rings (SSSR count). The van der Waals surface area contributed by atoms with E-state index >= 15 is 0 Å². The zero-order valence-electron chi connectivity index (χ0n) is 9.00. The van der Waals surface area contributed by atoms with Crippen molar-refractivity contribution in [1.29, 1.82) is 0 Å². The maximum atomic E-state index is 5.59. The third-order valence-electron chi connectivity index (χ3n) is 2.42. The third-order valence-corrected chi connectivity index (χ3v) is 2.42. The second kappa shape index (κ2) is 4.43. The molecule has 0 aromatic heterocycles. The van der Waals surface area contributed by atoms with Gasteiger partial charge in [0.1, 0.15) is 5.75 Å². The minimum absolute atomic E-state index is 0.683. The van der Waals surface area contributed by atoms with Crippen molar-refractivity contribution in [1.82, 2.24) is 0 Å². The van der Waals surface area contributed by atoms with Gasteiger partial charge in [-0.25, -0.2) is 0 Å². The Hall–Kier alpha value is -1.38. The lowest BCUT2D eigenvalue weighted by Gasteiger charge is -2.12. The molecule has 0 aliphatic carbocycles. The second-order valence-electron chi connectivity index (χ2n) is 3.34. The summed E-state index contributed by atoms with van der Waals surface area (Å²) in [6.07, 6.45) is 4.93. The van der Waals surface area contributed by atoms with Gasteiger partial charge in [0.05, 0.1) is 20.8 Å². The number of fused-ring (bicyclic) bond motifs is 1. The Balaban J connectivity index is 2.41. The Bertz CT molecular complexity index is 314. The van der Waals surface area contributed by atoms with Crippen LogP contribution in [0.1, 0.15) is 12.0 Å². The SMILES string of the molecule is COc1cc2c(cc1OC)OCC[C]C2. The van der Waals surface area contributed by atoms with E-state index < -0.39 is 0 Å². The fourth-order valence-corrected chi connectivity index (χ4v) is 1.63. The second-order valence-corrected chi connectivity index (χ2v) is 3.34. The summed E-state index contributed by atoms with van der Waals surface area (Å²) in [5.74, 6) is 2.32. The lowest BCUT2D eigenvalue weighted by atomic mass is 10.1. The molecule has 3 heteroatoms. The maximum absolute atomic E-state index is 5.59. The molecule has 1 aromatic carbocycles. The van der Waals surface area contributed by atoms with Crippen LogP contribution in [0.15, 0.2) is 12.1 Å². The first-order valence-corrected chi connectivity index (χ1v) is 4.93. The molecule has 0 amide bonds. The summed E-state index contributed by atoms with van der Waals surface area (Å²) < 4.78 is 16.0. The van der Waals surface area contributed by atoms with Crippen molar-refractivity contribution in [2.75, 3.05) is 20.8 Å².